The van der Waals surface area contributed by atoms with E-state index in [-0.39, 0.29) is 0 Å². The van der Waals surface area contributed by atoms with E-state index in [9.17, 15) is 0 Å². The molecule has 3 heteroatoms. The minimum Gasteiger partial charge on any atom is -0.489 e. The molecule has 1 heterocycles. The van der Waals surface area contributed by atoms with Crippen LogP contribution in [0.3, 0.4) is 0 Å². The van der Waals surface area contributed by atoms with Crippen molar-refractivity contribution in [2.24, 2.45) is 10.9 Å². The second-order valence-corrected chi connectivity index (χ2v) is 5.85. The Morgan fingerprint density at radius 3 is 2.83 bits per heavy atom. The van der Waals surface area contributed by atoms with Gasteiger partial charge in [0.15, 0.2) is 0 Å². The summed E-state index contributed by atoms with van der Waals surface area (Å²) >= 11 is 0. The average Bonchev–Trinajstić information content (AvgIpc) is 2.66. The van der Waals surface area contributed by atoms with Gasteiger partial charge in [0.2, 0.25) is 0 Å². The molecule has 0 radical (unpaired) electrons. The lowest BCUT2D eigenvalue weighted by Crippen LogP contribution is -1.99. The number of pyridine rings is 1. The molecule has 0 saturated carbocycles. The van der Waals surface area contributed by atoms with E-state index in [0.717, 1.165) is 36.3 Å². The summed E-state index contributed by atoms with van der Waals surface area (Å²) in [4.78, 5) is 8.61. The van der Waals surface area contributed by atoms with Crippen molar-refractivity contribution >= 4 is 6.21 Å². The molecule has 1 aromatic carbocycles. The molecule has 0 spiro atoms. The zero-order chi connectivity index (χ0) is 16.5. The number of aromatic nitrogens is 1. The Labute approximate surface area is 143 Å². The van der Waals surface area contributed by atoms with E-state index in [1.54, 1.807) is 6.20 Å². The van der Waals surface area contributed by atoms with Gasteiger partial charge in [0.05, 0.1) is 0 Å². The van der Waals surface area contributed by atoms with Crippen LogP contribution in [0.2, 0.25) is 0 Å². The summed E-state index contributed by atoms with van der Waals surface area (Å²) in [6.45, 7) is 1.40. The molecule has 0 aliphatic heterocycles. The second kappa shape index (κ2) is 8.82. The molecule has 1 unspecified atom stereocenters. The zero-order valence-corrected chi connectivity index (χ0v) is 13.7. The van der Waals surface area contributed by atoms with Gasteiger partial charge in [-0.1, -0.05) is 30.4 Å². The van der Waals surface area contributed by atoms with Crippen molar-refractivity contribution in [1.29, 1.82) is 0 Å². The number of benzene rings is 1. The van der Waals surface area contributed by atoms with E-state index < -0.39 is 0 Å². The van der Waals surface area contributed by atoms with Gasteiger partial charge < -0.3 is 4.74 Å². The van der Waals surface area contributed by atoms with E-state index in [4.69, 9.17) is 4.74 Å². The maximum absolute atomic E-state index is 5.75. The van der Waals surface area contributed by atoms with Crippen molar-refractivity contribution in [3.63, 3.8) is 0 Å². The van der Waals surface area contributed by atoms with E-state index in [0.29, 0.717) is 12.5 Å². The lowest BCUT2D eigenvalue weighted by atomic mass is 9.98. The Bertz CT molecular complexity index is 702. The minimum atomic E-state index is 0.532. The van der Waals surface area contributed by atoms with Crippen LogP contribution >= 0.6 is 0 Å². The van der Waals surface area contributed by atoms with Gasteiger partial charge >= 0.3 is 0 Å². The highest BCUT2D eigenvalue weighted by Gasteiger charge is 2.03. The fraction of sp³-hybridized carbons (Fsp3) is 0.238. The van der Waals surface area contributed by atoms with Crippen molar-refractivity contribution < 1.29 is 4.74 Å². The van der Waals surface area contributed by atoms with Gasteiger partial charge in [-0.15, -0.1) is 0 Å². The van der Waals surface area contributed by atoms with Gasteiger partial charge in [0.25, 0.3) is 0 Å². The van der Waals surface area contributed by atoms with Crippen LogP contribution in [0.15, 0.2) is 78.1 Å². The first-order chi connectivity index (χ1) is 11.9. The number of ether oxygens (including phenoxy) is 1. The Morgan fingerprint density at radius 1 is 1.17 bits per heavy atom. The van der Waals surface area contributed by atoms with Crippen molar-refractivity contribution in [3.8, 4) is 5.75 Å². The summed E-state index contributed by atoms with van der Waals surface area (Å²) in [6, 6.07) is 11.9. The SMILES string of the molecule is C1=CCC(CCN=Cc2ccc(OCc3cccnc3)cc2)C=C1. The first kappa shape index (κ1) is 16.2. The third kappa shape index (κ3) is 5.20. The normalized spacial score (nSPS) is 16.6. The predicted octanol–water partition coefficient (Wildman–Crippen LogP) is 4.60. The summed E-state index contributed by atoms with van der Waals surface area (Å²) in [5, 5.41) is 0. The summed E-state index contributed by atoms with van der Waals surface area (Å²) < 4.78 is 5.75. The molecule has 0 N–H and O–H groups in total. The van der Waals surface area contributed by atoms with Crippen LogP contribution in [-0.4, -0.2) is 17.7 Å². The topological polar surface area (TPSA) is 34.5 Å². The number of hydrogen-bond acceptors (Lipinski definition) is 3. The summed E-state index contributed by atoms with van der Waals surface area (Å²) in [6.07, 6.45) is 16.5. The molecule has 122 valence electrons. The highest BCUT2D eigenvalue weighted by atomic mass is 16.5. The zero-order valence-electron chi connectivity index (χ0n) is 13.7. The molecule has 2 aromatic rings. The number of hydrogen-bond donors (Lipinski definition) is 0. The molecule has 1 atom stereocenters. The van der Waals surface area contributed by atoms with Crippen LogP contribution in [0.5, 0.6) is 5.75 Å². The molecule has 1 aliphatic carbocycles. The standard InChI is InChI=1S/C21H22N2O/c1-2-5-18(6-3-1)12-14-23-15-19-8-10-21(11-9-19)24-17-20-7-4-13-22-16-20/h1-5,7-11,13,15-16,18H,6,12,14,17H2. The van der Waals surface area contributed by atoms with E-state index in [2.05, 4.69) is 34.3 Å². The van der Waals surface area contributed by atoms with Crippen LogP contribution in [-0.2, 0) is 6.61 Å². The van der Waals surface area contributed by atoms with E-state index >= 15 is 0 Å². The van der Waals surface area contributed by atoms with Crippen LogP contribution in [0.25, 0.3) is 0 Å². The van der Waals surface area contributed by atoms with Crippen LogP contribution in [0.4, 0.5) is 0 Å². The molecule has 24 heavy (non-hydrogen) atoms. The third-order valence-corrected chi connectivity index (χ3v) is 3.95. The molecule has 3 nitrogen and oxygen atoms in total. The van der Waals surface area contributed by atoms with Crippen LogP contribution in [0, 0.1) is 5.92 Å². The van der Waals surface area contributed by atoms with Crippen molar-refractivity contribution in [2.45, 2.75) is 19.4 Å². The second-order valence-electron chi connectivity index (χ2n) is 5.85. The molecular weight excluding hydrogens is 296 g/mol. The third-order valence-electron chi connectivity index (χ3n) is 3.95. The number of rotatable bonds is 7. The smallest absolute Gasteiger partial charge is 0.119 e. The van der Waals surface area contributed by atoms with Crippen LogP contribution in [0.1, 0.15) is 24.0 Å². The lowest BCUT2D eigenvalue weighted by molar-refractivity contribution is 0.306. The fourth-order valence-electron chi connectivity index (χ4n) is 2.56. The Hall–Kier alpha value is -2.68. The Kier molecular flexibility index (Phi) is 5.95. The van der Waals surface area contributed by atoms with E-state index in [1.165, 1.54) is 0 Å². The highest BCUT2D eigenvalue weighted by molar-refractivity contribution is 5.79. The minimum absolute atomic E-state index is 0.532. The molecule has 0 amide bonds. The van der Waals surface area contributed by atoms with Crippen molar-refractivity contribution in [1.82, 2.24) is 4.98 Å². The molecule has 1 aliphatic rings. The van der Waals surface area contributed by atoms with Gasteiger partial charge in [-0.25, -0.2) is 0 Å². The highest BCUT2D eigenvalue weighted by Crippen LogP contribution is 2.16. The molecule has 0 saturated heterocycles. The lowest BCUT2D eigenvalue weighted by Gasteiger charge is -2.10. The number of nitrogens with zero attached hydrogens (tertiary/aromatic N) is 2. The summed E-state index contributed by atoms with van der Waals surface area (Å²) in [7, 11) is 0. The maximum atomic E-state index is 5.75. The van der Waals surface area contributed by atoms with Gasteiger partial charge in [0.1, 0.15) is 12.4 Å². The molecule has 0 fully saturated rings. The first-order valence-corrected chi connectivity index (χ1v) is 8.35. The summed E-state index contributed by atoms with van der Waals surface area (Å²) in [5.41, 5.74) is 2.16. The van der Waals surface area contributed by atoms with Gasteiger partial charge in [-0.3, -0.25) is 9.98 Å². The van der Waals surface area contributed by atoms with Crippen molar-refractivity contribution in [3.05, 3.63) is 84.2 Å². The monoisotopic (exact) mass is 318 g/mol. The largest absolute Gasteiger partial charge is 0.489 e. The summed E-state index contributed by atoms with van der Waals surface area (Å²) in [5.74, 6) is 1.49. The predicted molar refractivity (Wildman–Crippen MR) is 98.5 cm³/mol. The average molecular weight is 318 g/mol. The van der Waals surface area contributed by atoms with E-state index in [1.807, 2.05) is 48.8 Å². The van der Waals surface area contributed by atoms with Crippen molar-refractivity contribution in [2.75, 3.05) is 6.54 Å². The Morgan fingerprint density at radius 2 is 2.08 bits per heavy atom. The fourth-order valence-corrected chi connectivity index (χ4v) is 2.56. The molecule has 3 rings (SSSR count). The molecule has 1 aromatic heterocycles. The van der Waals surface area contributed by atoms with Gasteiger partial charge in [0, 0.05) is 30.7 Å². The van der Waals surface area contributed by atoms with Gasteiger partial charge in [-0.05, 0) is 54.7 Å². The molecular formula is C21H22N2O. The quantitative estimate of drug-likeness (QED) is 0.699. The number of allylic oxidation sites excluding steroid dienone is 4. The van der Waals surface area contributed by atoms with Gasteiger partial charge in [-0.2, -0.15) is 0 Å². The van der Waals surface area contributed by atoms with Crippen LogP contribution < -0.4 is 4.74 Å². The number of aliphatic imine (C=N–C) groups is 1. The molecule has 0 bridgehead atoms. The first-order valence-electron chi connectivity index (χ1n) is 8.35. The Balaban J connectivity index is 1.43. The maximum Gasteiger partial charge on any atom is 0.119 e.